The van der Waals surface area contributed by atoms with Crippen LogP contribution in [0.4, 0.5) is 5.13 Å². The molecule has 2 aromatic carbocycles. The number of nitrogens with one attached hydrogen (secondary N) is 1. The molecule has 0 unspecified atom stereocenters. The zero-order valence-corrected chi connectivity index (χ0v) is 14.8. The molecule has 0 saturated heterocycles. The number of thiazole rings is 1. The Morgan fingerprint density at radius 3 is 2.28 bits per heavy atom. The van der Waals surface area contributed by atoms with Gasteiger partial charge in [0.05, 0.1) is 5.69 Å². The summed E-state index contributed by atoms with van der Waals surface area (Å²) >= 11 is 1.49. The minimum atomic E-state index is 0.123. The molecule has 126 valence electrons. The largest absolute Gasteiger partial charge is 0.302 e. The summed E-state index contributed by atoms with van der Waals surface area (Å²) in [5.74, 6) is 0.287. The Kier molecular flexibility index (Phi) is 4.61. The maximum absolute atomic E-state index is 12.2. The summed E-state index contributed by atoms with van der Waals surface area (Å²) in [7, 11) is 0. The van der Waals surface area contributed by atoms with Gasteiger partial charge in [0.1, 0.15) is 0 Å². The first-order valence-corrected chi connectivity index (χ1v) is 9.60. The van der Waals surface area contributed by atoms with E-state index in [1.54, 1.807) is 0 Å². The Balaban J connectivity index is 1.47. The first-order valence-electron chi connectivity index (χ1n) is 8.72. The number of hydrogen-bond acceptors (Lipinski definition) is 3. The van der Waals surface area contributed by atoms with E-state index in [0.29, 0.717) is 5.13 Å². The fourth-order valence-corrected chi connectivity index (χ4v) is 4.05. The van der Waals surface area contributed by atoms with E-state index in [1.165, 1.54) is 22.5 Å². The summed E-state index contributed by atoms with van der Waals surface area (Å²) in [6, 6.07) is 18.7. The van der Waals surface area contributed by atoms with Gasteiger partial charge in [0, 0.05) is 16.9 Å². The Labute approximate surface area is 151 Å². The van der Waals surface area contributed by atoms with Crippen LogP contribution in [0.5, 0.6) is 0 Å². The highest BCUT2D eigenvalue weighted by molar-refractivity contribution is 7.14. The molecule has 4 heteroatoms. The zero-order valence-electron chi connectivity index (χ0n) is 13.9. The normalized spacial score (nSPS) is 14.6. The molecule has 25 heavy (non-hydrogen) atoms. The van der Waals surface area contributed by atoms with Crippen LogP contribution in [0.1, 0.15) is 25.7 Å². The summed E-state index contributed by atoms with van der Waals surface area (Å²) in [5, 5.41) is 5.68. The van der Waals surface area contributed by atoms with Gasteiger partial charge in [-0.2, -0.15) is 0 Å². The van der Waals surface area contributed by atoms with Crippen molar-refractivity contribution in [2.45, 2.75) is 25.7 Å². The molecule has 0 radical (unpaired) electrons. The topological polar surface area (TPSA) is 42.0 Å². The molecule has 1 amide bonds. The first-order chi connectivity index (χ1) is 12.3. The van der Waals surface area contributed by atoms with Crippen molar-refractivity contribution in [2.24, 2.45) is 5.92 Å². The summed E-state index contributed by atoms with van der Waals surface area (Å²) in [4.78, 5) is 16.8. The summed E-state index contributed by atoms with van der Waals surface area (Å²) in [6.45, 7) is 0. The average molecular weight is 348 g/mol. The number of rotatable bonds is 4. The molecule has 1 fully saturated rings. The number of hydrogen-bond donors (Lipinski definition) is 1. The van der Waals surface area contributed by atoms with Crippen LogP contribution in [-0.2, 0) is 4.79 Å². The van der Waals surface area contributed by atoms with Crippen LogP contribution in [-0.4, -0.2) is 10.9 Å². The van der Waals surface area contributed by atoms with Gasteiger partial charge < -0.3 is 5.32 Å². The van der Waals surface area contributed by atoms with Gasteiger partial charge in [-0.1, -0.05) is 67.4 Å². The van der Waals surface area contributed by atoms with E-state index in [2.05, 4.69) is 46.7 Å². The van der Waals surface area contributed by atoms with Crippen LogP contribution in [0.25, 0.3) is 22.4 Å². The SMILES string of the molecule is O=C(Nc1nc(-c2ccc(-c3ccccc3)cc2)cs1)C1CCCC1. The predicted molar refractivity (Wildman–Crippen MR) is 104 cm³/mol. The number of carbonyl (C=O) groups is 1. The van der Waals surface area contributed by atoms with Gasteiger partial charge in [-0.25, -0.2) is 4.98 Å². The van der Waals surface area contributed by atoms with Crippen molar-refractivity contribution in [1.29, 1.82) is 0 Å². The van der Waals surface area contributed by atoms with Gasteiger partial charge in [0.15, 0.2) is 5.13 Å². The molecule has 0 spiro atoms. The van der Waals surface area contributed by atoms with E-state index in [9.17, 15) is 4.79 Å². The molecule has 1 heterocycles. The molecule has 1 aliphatic rings. The smallest absolute Gasteiger partial charge is 0.229 e. The fraction of sp³-hybridized carbons (Fsp3) is 0.238. The second-order valence-corrected chi connectivity index (χ2v) is 7.31. The molecular formula is C21H20N2OS. The first kappa shape index (κ1) is 16.0. The zero-order chi connectivity index (χ0) is 17.1. The highest BCUT2D eigenvalue weighted by Gasteiger charge is 2.23. The number of aromatic nitrogens is 1. The highest BCUT2D eigenvalue weighted by atomic mass is 32.1. The lowest BCUT2D eigenvalue weighted by Gasteiger charge is -2.07. The molecule has 4 rings (SSSR count). The van der Waals surface area contributed by atoms with Gasteiger partial charge in [-0.3, -0.25) is 4.79 Å². The molecule has 0 atom stereocenters. The molecule has 0 bridgehead atoms. The Bertz CT molecular complexity index is 849. The van der Waals surface area contributed by atoms with Crippen molar-refractivity contribution < 1.29 is 4.79 Å². The maximum atomic E-state index is 12.2. The van der Waals surface area contributed by atoms with Gasteiger partial charge in [0.2, 0.25) is 5.91 Å². The Morgan fingerprint density at radius 2 is 1.56 bits per heavy atom. The fourth-order valence-electron chi connectivity index (χ4n) is 3.32. The van der Waals surface area contributed by atoms with Crippen LogP contribution in [0.15, 0.2) is 60.0 Å². The van der Waals surface area contributed by atoms with Gasteiger partial charge in [-0.15, -0.1) is 11.3 Å². The lowest BCUT2D eigenvalue weighted by molar-refractivity contribution is -0.119. The second-order valence-electron chi connectivity index (χ2n) is 6.45. The second kappa shape index (κ2) is 7.19. The Morgan fingerprint density at radius 1 is 0.920 bits per heavy atom. The molecule has 1 aromatic heterocycles. The van der Waals surface area contributed by atoms with Crippen molar-refractivity contribution in [3.63, 3.8) is 0 Å². The molecule has 1 N–H and O–H groups in total. The van der Waals surface area contributed by atoms with Crippen LogP contribution < -0.4 is 5.32 Å². The van der Waals surface area contributed by atoms with E-state index in [0.717, 1.165) is 36.9 Å². The molecular weight excluding hydrogens is 328 g/mol. The number of amides is 1. The summed E-state index contributed by atoms with van der Waals surface area (Å²) < 4.78 is 0. The Hall–Kier alpha value is -2.46. The summed E-state index contributed by atoms with van der Waals surface area (Å²) in [6.07, 6.45) is 4.33. The number of carbonyl (C=O) groups excluding carboxylic acids is 1. The number of anilines is 1. The third kappa shape index (κ3) is 3.64. The lowest BCUT2D eigenvalue weighted by atomic mass is 10.0. The lowest BCUT2D eigenvalue weighted by Crippen LogP contribution is -2.20. The maximum Gasteiger partial charge on any atom is 0.229 e. The minimum absolute atomic E-state index is 0.123. The van der Waals surface area contributed by atoms with E-state index >= 15 is 0 Å². The van der Waals surface area contributed by atoms with Gasteiger partial charge in [0.25, 0.3) is 0 Å². The number of nitrogens with zero attached hydrogens (tertiary/aromatic N) is 1. The van der Waals surface area contributed by atoms with Gasteiger partial charge >= 0.3 is 0 Å². The van der Waals surface area contributed by atoms with Crippen molar-refractivity contribution in [2.75, 3.05) is 5.32 Å². The number of benzene rings is 2. The van der Waals surface area contributed by atoms with Gasteiger partial charge in [-0.05, 0) is 24.0 Å². The van der Waals surface area contributed by atoms with E-state index in [-0.39, 0.29) is 11.8 Å². The van der Waals surface area contributed by atoms with Crippen LogP contribution in [0, 0.1) is 5.92 Å². The third-order valence-electron chi connectivity index (χ3n) is 4.75. The van der Waals surface area contributed by atoms with E-state index in [4.69, 9.17) is 0 Å². The predicted octanol–water partition coefficient (Wildman–Crippen LogP) is 5.61. The van der Waals surface area contributed by atoms with Crippen molar-refractivity contribution >= 4 is 22.4 Å². The molecule has 1 saturated carbocycles. The monoisotopic (exact) mass is 348 g/mol. The summed E-state index contributed by atoms with van der Waals surface area (Å²) in [5.41, 5.74) is 4.37. The molecule has 1 aliphatic carbocycles. The quantitative estimate of drug-likeness (QED) is 0.666. The molecule has 0 aliphatic heterocycles. The van der Waals surface area contributed by atoms with Crippen LogP contribution >= 0.6 is 11.3 Å². The van der Waals surface area contributed by atoms with E-state index in [1.807, 2.05) is 23.6 Å². The van der Waals surface area contributed by atoms with Crippen molar-refractivity contribution in [3.8, 4) is 22.4 Å². The minimum Gasteiger partial charge on any atom is -0.302 e. The van der Waals surface area contributed by atoms with Crippen molar-refractivity contribution in [3.05, 3.63) is 60.0 Å². The van der Waals surface area contributed by atoms with Crippen LogP contribution in [0.2, 0.25) is 0 Å². The van der Waals surface area contributed by atoms with Crippen LogP contribution in [0.3, 0.4) is 0 Å². The average Bonchev–Trinajstić information content (AvgIpc) is 3.35. The van der Waals surface area contributed by atoms with Crippen molar-refractivity contribution in [1.82, 2.24) is 4.98 Å². The molecule has 3 aromatic rings. The molecule has 3 nitrogen and oxygen atoms in total. The highest BCUT2D eigenvalue weighted by Crippen LogP contribution is 2.29. The standard InChI is InChI=1S/C21H20N2OS/c24-20(18-8-4-5-9-18)23-21-22-19(14-25-21)17-12-10-16(11-13-17)15-6-2-1-3-7-15/h1-3,6-7,10-14,18H,4-5,8-9H2,(H,22,23,24). The third-order valence-corrected chi connectivity index (χ3v) is 5.51. The van der Waals surface area contributed by atoms with E-state index < -0.39 is 0 Å².